The van der Waals surface area contributed by atoms with Gasteiger partial charge >= 0.3 is 6.18 Å². The summed E-state index contributed by atoms with van der Waals surface area (Å²) in [6, 6.07) is 8.44. The largest absolute Gasteiger partial charge is 0.486 e. The average Bonchev–Trinajstić information content (AvgIpc) is 3.09. The van der Waals surface area contributed by atoms with Crippen molar-refractivity contribution >= 4 is 11.5 Å². The van der Waals surface area contributed by atoms with Gasteiger partial charge in [-0.1, -0.05) is 19.9 Å². The normalized spacial score (nSPS) is 15.1. The molecular weight excluding hydrogens is 375 g/mol. The summed E-state index contributed by atoms with van der Waals surface area (Å²) in [7, 11) is 0. The van der Waals surface area contributed by atoms with E-state index in [1.165, 1.54) is 6.07 Å². The summed E-state index contributed by atoms with van der Waals surface area (Å²) in [6.45, 7) is 4.99. The molecule has 2 aromatic heterocycles. The van der Waals surface area contributed by atoms with Crippen molar-refractivity contribution in [1.29, 1.82) is 0 Å². The molecule has 0 amide bonds. The molecule has 0 aliphatic carbocycles. The second kappa shape index (κ2) is 6.84. The van der Waals surface area contributed by atoms with Crippen molar-refractivity contribution in [3.63, 3.8) is 0 Å². The number of hydrogen-bond acceptors (Lipinski definition) is 6. The van der Waals surface area contributed by atoms with Crippen LogP contribution in [0.1, 0.15) is 31.3 Å². The second-order valence-corrected chi connectivity index (χ2v) is 6.78. The number of halogens is 3. The van der Waals surface area contributed by atoms with Crippen LogP contribution in [-0.4, -0.2) is 33.0 Å². The molecule has 0 spiro atoms. The lowest BCUT2D eigenvalue weighted by Crippen LogP contribution is -2.20. The Balaban J connectivity index is 1.67. The lowest BCUT2D eigenvalue weighted by Gasteiger charge is -2.25. The number of hydrogen-bond donors (Lipinski definition) is 1. The van der Waals surface area contributed by atoms with Gasteiger partial charge in [0.05, 0.1) is 6.04 Å². The second-order valence-electron chi connectivity index (χ2n) is 6.78. The van der Waals surface area contributed by atoms with Crippen LogP contribution < -0.4 is 14.8 Å². The summed E-state index contributed by atoms with van der Waals surface area (Å²) in [5.41, 5.74) is 0.944. The summed E-state index contributed by atoms with van der Waals surface area (Å²) in [5.74, 6) is 0.579. The molecule has 1 aromatic carbocycles. The van der Waals surface area contributed by atoms with E-state index >= 15 is 0 Å². The lowest BCUT2D eigenvalue weighted by atomic mass is 9.95. The number of ether oxygens (including phenoxy) is 2. The highest BCUT2D eigenvalue weighted by atomic mass is 19.4. The highest BCUT2D eigenvalue weighted by Crippen LogP contribution is 2.35. The maximum Gasteiger partial charge on any atom is 0.453 e. The van der Waals surface area contributed by atoms with Crippen LogP contribution in [0.25, 0.3) is 5.65 Å². The molecule has 28 heavy (non-hydrogen) atoms. The highest BCUT2D eigenvalue weighted by molar-refractivity contribution is 5.49. The summed E-state index contributed by atoms with van der Waals surface area (Å²) in [6.07, 6.45) is -4.64. The molecule has 10 heteroatoms. The molecule has 0 saturated heterocycles. The first-order valence-corrected chi connectivity index (χ1v) is 8.78. The Morgan fingerprint density at radius 2 is 1.79 bits per heavy atom. The van der Waals surface area contributed by atoms with Gasteiger partial charge in [0.25, 0.3) is 5.82 Å². The van der Waals surface area contributed by atoms with Crippen molar-refractivity contribution in [2.24, 2.45) is 5.92 Å². The zero-order valence-corrected chi connectivity index (χ0v) is 15.2. The number of rotatable bonds is 4. The Morgan fingerprint density at radius 1 is 1.04 bits per heavy atom. The highest BCUT2D eigenvalue weighted by Gasteiger charge is 2.37. The first-order valence-electron chi connectivity index (χ1n) is 8.78. The van der Waals surface area contributed by atoms with Crippen molar-refractivity contribution in [1.82, 2.24) is 19.8 Å². The third-order valence-corrected chi connectivity index (χ3v) is 4.41. The third-order valence-electron chi connectivity index (χ3n) is 4.41. The Labute approximate surface area is 158 Å². The van der Waals surface area contributed by atoms with Crippen molar-refractivity contribution in [2.45, 2.75) is 26.1 Å². The van der Waals surface area contributed by atoms with Crippen molar-refractivity contribution in [3.8, 4) is 11.5 Å². The van der Waals surface area contributed by atoms with E-state index in [1.54, 1.807) is 6.07 Å². The molecule has 0 bridgehead atoms. The predicted molar refractivity (Wildman–Crippen MR) is 94.4 cm³/mol. The van der Waals surface area contributed by atoms with E-state index < -0.39 is 12.0 Å². The zero-order chi connectivity index (χ0) is 19.9. The number of fused-ring (bicyclic) bond motifs is 2. The topological polar surface area (TPSA) is 73.6 Å². The van der Waals surface area contributed by atoms with Gasteiger partial charge in [-0.05, 0) is 35.7 Å². The van der Waals surface area contributed by atoms with E-state index in [2.05, 4.69) is 20.6 Å². The molecule has 0 radical (unpaired) electrons. The third kappa shape index (κ3) is 3.41. The number of aromatic nitrogens is 4. The van der Waals surface area contributed by atoms with E-state index in [9.17, 15) is 13.2 Å². The van der Waals surface area contributed by atoms with E-state index in [4.69, 9.17) is 9.47 Å². The van der Waals surface area contributed by atoms with Crippen molar-refractivity contribution in [2.75, 3.05) is 18.5 Å². The van der Waals surface area contributed by atoms with Crippen LogP contribution in [0.3, 0.4) is 0 Å². The van der Waals surface area contributed by atoms with Gasteiger partial charge in [-0.3, -0.25) is 0 Å². The molecule has 4 rings (SSSR count). The Kier molecular flexibility index (Phi) is 4.48. The van der Waals surface area contributed by atoms with Gasteiger partial charge in [-0.15, -0.1) is 15.3 Å². The quantitative estimate of drug-likeness (QED) is 0.728. The molecule has 1 unspecified atom stereocenters. The molecule has 7 nitrogen and oxygen atoms in total. The SMILES string of the molecule is CC(C)C(Nc1ccc2nnc(C(F)(F)F)n2n1)c1ccc2c(c1)OCCO2. The van der Waals surface area contributed by atoms with Crippen LogP contribution in [0.2, 0.25) is 0 Å². The number of alkyl halides is 3. The first kappa shape index (κ1) is 18.3. The minimum Gasteiger partial charge on any atom is -0.486 e. The molecule has 1 aliphatic rings. The number of nitrogens with zero attached hydrogens (tertiary/aromatic N) is 4. The van der Waals surface area contributed by atoms with Gasteiger partial charge in [0, 0.05) is 0 Å². The van der Waals surface area contributed by atoms with E-state index in [-0.39, 0.29) is 23.4 Å². The fraction of sp³-hybridized carbons (Fsp3) is 0.389. The van der Waals surface area contributed by atoms with Crippen LogP contribution >= 0.6 is 0 Å². The Morgan fingerprint density at radius 3 is 2.50 bits per heavy atom. The fourth-order valence-corrected chi connectivity index (χ4v) is 3.09. The monoisotopic (exact) mass is 393 g/mol. The maximum atomic E-state index is 13.1. The number of anilines is 1. The van der Waals surface area contributed by atoms with E-state index in [1.807, 2.05) is 32.0 Å². The molecule has 3 aromatic rings. The average molecular weight is 393 g/mol. The molecule has 148 valence electrons. The maximum absolute atomic E-state index is 13.1. The summed E-state index contributed by atoms with van der Waals surface area (Å²) < 4.78 is 51.1. The zero-order valence-electron chi connectivity index (χ0n) is 15.2. The predicted octanol–water partition coefficient (Wildman–Crippen LogP) is 3.72. The van der Waals surface area contributed by atoms with Crippen molar-refractivity contribution in [3.05, 3.63) is 41.7 Å². The van der Waals surface area contributed by atoms with E-state index in [0.29, 0.717) is 29.2 Å². The molecule has 3 heterocycles. The fourth-order valence-electron chi connectivity index (χ4n) is 3.09. The van der Waals surface area contributed by atoms with Gasteiger partial charge in [-0.25, -0.2) is 0 Å². The Hall–Kier alpha value is -3.04. The van der Waals surface area contributed by atoms with Crippen LogP contribution in [-0.2, 0) is 6.18 Å². The first-order chi connectivity index (χ1) is 13.3. The smallest absolute Gasteiger partial charge is 0.453 e. The van der Waals surface area contributed by atoms with Crippen LogP contribution in [0, 0.1) is 5.92 Å². The van der Waals surface area contributed by atoms with Gasteiger partial charge in [0.15, 0.2) is 17.1 Å². The molecule has 1 N–H and O–H groups in total. The minimum atomic E-state index is -4.64. The molecule has 1 atom stereocenters. The minimum absolute atomic E-state index is 0.0262. The summed E-state index contributed by atoms with van der Waals surface area (Å²) in [4.78, 5) is 0. The molecule has 1 aliphatic heterocycles. The van der Waals surface area contributed by atoms with E-state index in [0.717, 1.165) is 5.56 Å². The van der Waals surface area contributed by atoms with Gasteiger partial charge in [0.1, 0.15) is 19.0 Å². The summed E-state index contributed by atoms with van der Waals surface area (Å²) in [5, 5.41) is 14.0. The van der Waals surface area contributed by atoms with Gasteiger partial charge in [-0.2, -0.15) is 17.7 Å². The molecular formula is C18H18F3N5O2. The molecule has 0 fully saturated rings. The van der Waals surface area contributed by atoms with Crippen molar-refractivity contribution < 1.29 is 22.6 Å². The molecule has 0 saturated carbocycles. The van der Waals surface area contributed by atoms with Gasteiger partial charge in [0.2, 0.25) is 0 Å². The van der Waals surface area contributed by atoms with Crippen LogP contribution in [0.4, 0.5) is 19.0 Å². The lowest BCUT2D eigenvalue weighted by molar-refractivity contribution is -0.146. The van der Waals surface area contributed by atoms with Gasteiger partial charge < -0.3 is 14.8 Å². The standard InChI is InChI=1S/C18H18F3N5O2/c1-10(2)16(11-3-4-12-13(9-11)28-8-7-27-12)22-14-5-6-15-23-24-17(18(19,20)21)26(15)25-14/h3-6,9-10,16H,7-8H2,1-2H3,(H,22,25). The Bertz CT molecular complexity index is 1000. The summed E-state index contributed by atoms with van der Waals surface area (Å²) >= 11 is 0. The number of nitrogens with one attached hydrogen (secondary N) is 1. The number of benzene rings is 1. The van der Waals surface area contributed by atoms with Crippen LogP contribution in [0.5, 0.6) is 11.5 Å². The van der Waals surface area contributed by atoms with Crippen LogP contribution in [0.15, 0.2) is 30.3 Å².